The molecular weight excluding hydrogens is 344 g/mol. The van der Waals surface area contributed by atoms with Crippen LogP contribution in [0.5, 0.6) is 0 Å². The summed E-state index contributed by atoms with van der Waals surface area (Å²) in [5.74, 6) is 0. The Morgan fingerprint density at radius 3 is 2.84 bits per heavy atom. The van der Waals surface area contributed by atoms with Crippen molar-refractivity contribution in [3.05, 3.63) is 55.6 Å². The third-order valence-electron chi connectivity index (χ3n) is 3.01. The van der Waals surface area contributed by atoms with Crippen LogP contribution < -0.4 is 0 Å². The lowest BCUT2D eigenvalue weighted by Gasteiger charge is -2.11. The zero-order valence-corrected chi connectivity index (χ0v) is 13.6. The number of benzene rings is 1. The van der Waals surface area contributed by atoms with E-state index in [1.807, 2.05) is 18.2 Å². The highest BCUT2D eigenvalue weighted by molar-refractivity contribution is 9.10. The first-order valence-electron chi connectivity index (χ1n) is 6.29. The summed E-state index contributed by atoms with van der Waals surface area (Å²) in [6.07, 6.45) is 3.16. The molecule has 1 N–H and O–H groups in total. The molecule has 2 rings (SSSR count). The minimum Gasteiger partial charge on any atom is -0.393 e. The van der Waals surface area contributed by atoms with Crippen LogP contribution in [0.4, 0.5) is 0 Å². The summed E-state index contributed by atoms with van der Waals surface area (Å²) >= 11 is 11.3. The van der Waals surface area contributed by atoms with Gasteiger partial charge < -0.3 is 5.11 Å². The number of aryl methyl sites for hydroxylation is 1. The van der Waals surface area contributed by atoms with Crippen LogP contribution in [0.2, 0.25) is 5.02 Å². The smallest absolute Gasteiger partial charge is 0.0581 e. The van der Waals surface area contributed by atoms with E-state index >= 15 is 0 Å². The van der Waals surface area contributed by atoms with E-state index in [4.69, 9.17) is 11.6 Å². The van der Waals surface area contributed by atoms with Crippen LogP contribution in [0, 0.1) is 0 Å². The van der Waals surface area contributed by atoms with E-state index in [9.17, 15) is 5.11 Å². The number of aliphatic hydroxyl groups is 1. The van der Waals surface area contributed by atoms with Crippen LogP contribution in [0.25, 0.3) is 0 Å². The monoisotopic (exact) mass is 358 g/mol. The lowest BCUT2D eigenvalue weighted by Crippen LogP contribution is -2.11. The molecule has 19 heavy (non-hydrogen) atoms. The molecule has 0 saturated heterocycles. The Morgan fingerprint density at radius 1 is 1.32 bits per heavy atom. The van der Waals surface area contributed by atoms with Gasteiger partial charge in [0.05, 0.1) is 6.10 Å². The molecule has 1 heterocycles. The third kappa shape index (κ3) is 4.92. The molecule has 0 aliphatic rings. The van der Waals surface area contributed by atoms with Crippen LogP contribution in [0.1, 0.15) is 23.3 Å². The average Bonchev–Trinajstić information content (AvgIpc) is 2.86. The van der Waals surface area contributed by atoms with Crippen LogP contribution in [-0.4, -0.2) is 11.2 Å². The summed E-state index contributed by atoms with van der Waals surface area (Å²) in [6.45, 7) is 0. The van der Waals surface area contributed by atoms with Crippen molar-refractivity contribution in [3.63, 3.8) is 0 Å². The first-order valence-corrected chi connectivity index (χ1v) is 8.34. The molecule has 0 radical (unpaired) electrons. The predicted molar refractivity (Wildman–Crippen MR) is 86.1 cm³/mol. The van der Waals surface area contributed by atoms with Crippen molar-refractivity contribution in [2.24, 2.45) is 0 Å². The van der Waals surface area contributed by atoms with Gasteiger partial charge in [-0.1, -0.05) is 39.7 Å². The number of thiophene rings is 1. The van der Waals surface area contributed by atoms with E-state index in [1.165, 1.54) is 4.88 Å². The predicted octanol–water partition coefficient (Wildman–Crippen LogP) is 5.09. The van der Waals surface area contributed by atoms with Gasteiger partial charge in [0.1, 0.15) is 0 Å². The molecule has 1 nitrogen and oxygen atoms in total. The summed E-state index contributed by atoms with van der Waals surface area (Å²) in [4.78, 5) is 1.38. The molecule has 1 unspecified atom stereocenters. The Bertz CT molecular complexity index is 513. The van der Waals surface area contributed by atoms with E-state index in [2.05, 4.69) is 33.4 Å². The number of halogens is 2. The number of aliphatic hydroxyl groups excluding tert-OH is 1. The standard InChI is InChI=1S/C15H16BrClOS/c16-12-7-6-11(15(17)10-12)9-13(18)3-1-4-14-5-2-8-19-14/h2,5-8,10,13,18H,1,3-4,9H2. The Labute approximate surface area is 131 Å². The van der Waals surface area contributed by atoms with Crippen LogP contribution in [0.15, 0.2) is 40.2 Å². The normalized spacial score (nSPS) is 12.6. The van der Waals surface area contributed by atoms with Gasteiger partial charge in [-0.25, -0.2) is 0 Å². The molecule has 0 saturated carbocycles. The third-order valence-corrected chi connectivity index (χ3v) is 4.79. The maximum atomic E-state index is 10.1. The molecule has 1 atom stereocenters. The minimum atomic E-state index is -0.321. The van der Waals surface area contributed by atoms with E-state index in [-0.39, 0.29) is 6.10 Å². The molecule has 0 spiro atoms. The van der Waals surface area contributed by atoms with E-state index in [0.717, 1.165) is 29.3 Å². The Kier molecular flexibility index (Phi) is 5.89. The first kappa shape index (κ1) is 15.0. The van der Waals surface area contributed by atoms with Crippen LogP contribution in [0.3, 0.4) is 0 Å². The molecular formula is C15H16BrClOS. The van der Waals surface area contributed by atoms with Crippen LogP contribution in [-0.2, 0) is 12.8 Å². The van der Waals surface area contributed by atoms with Crippen molar-refractivity contribution in [1.82, 2.24) is 0 Å². The zero-order valence-electron chi connectivity index (χ0n) is 10.5. The first-order chi connectivity index (χ1) is 9.15. The van der Waals surface area contributed by atoms with Gasteiger partial charge in [0, 0.05) is 14.4 Å². The Balaban J connectivity index is 1.79. The molecule has 0 fully saturated rings. The minimum absolute atomic E-state index is 0.321. The summed E-state index contributed by atoms with van der Waals surface area (Å²) in [6, 6.07) is 10.0. The zero-order chi connectivity index (χ0) is 13.7. The highest BCUT2D eigenvalue weighted by Gasteiger charge is 2.09. The van der Waals surface area contributed by atoms with Gasteiger partial charge in [-0.15, -0.1) is 11.3 Å². The average molecular weight is 360 g/mol. The fourth-order valence-electron chi connectivity index (χ4n) is 2.01. The van der Waals surface area contributed by atoms with Gasteiger partial charge in [0.15, 0.2) is 0 Å². The second kappa shape index (κ2) is 7.44. The van der Waals surface area contributed by atoms with Crippen LogP contribution >= 0.6 is 38.9 Å². The van der Waals surface area contributed by atoms with Gasteiger partial charge >= 0.3 is 0 Å². The van der Waals surface area contributed by atoms with Gasteiger partial charge in [-0.05, 0) is 54.8 Å². The number of rotatable bonds is 6. The topological polar surface area (TPSA) is 20.2 Å². The lowest BCUT2D eigenvalue weighted by molar-refractivity contribution is 0.162. The van der Waals surface area contributed by atoms with Crippen molar-refractivity contribution >= 4 is 38.9 Å². The molecule has 4 heteroatoms. The van der Waals surface area contributed by atoms with E-state index < -0.39 is 0 Å². The molecule has 0 amide bonds. The maximum Gasteiger partial charge on any atom is 0.0581 e. The van der Waals surface area contributed by atoms with Crippen molar-refractivity contribution in [1.29, 1.82) is 0 Å². The largest absolute Gasteiger partial charge is 0.393 e. The molecule has 102 valence electrons. The van der Waals surface area contributed by atoms with Gasteiger partial charge in [0.2, 0.25) is 0 Å². The second-order valence-corrected chi connectivity index (χ2v) is 6.92. The summed E-state index contributed by atoms with van der Waals surface area (Å²) in [5, 5.41) is 12.9. The molecule has 2 aromatic rings. The molecule has 0 aliphatic heterocycles. The maximum absolute atomic E-state index is 10.1. The van der Waals surface area contributed by atoms with Crippen molar-refractivity contribution in [3.8, 4) is 0 Å². The Hall–Kier alpha value is -0.350. The summed E-state index contributed by atoms with van der Waals surface area (Å²) in [5.41, 5.74) is 1.01. The number of hydrogen-bond donors (Lipinski definition) is 1. The van der Waals surface area contributed by atoms with Crippen molar-refractivity contribution < 1.29 is 5.11 Å². The Morgan fingerprint density at radius 2 is 2.16 bits per heavy atom. The molecule has 1 aromatic carbocycles. The summed E-state index contributed by atoms with van der Waals surface area (Å²) in [7, 11) is 0. The highest BCUT2D eigenvalue weighted by atomic mass is 79.9. The van der Waals surface area contributed by atoms with Gasteiger partial charge in [-0.2, -0.15) is 0 Å². The summed E-state index contributed by atoms with van der Waals surface area (Å²) < 4.78 is 0.966. The number of hydrogen-bond acceptors (Lipinski definition) is 2. The lowest BCUT2D eigenvalue weighted by atomic mass is 10.0. The van der Waals surface area contributed by atoms with E-state index in [0.29, 0.717) is 11.4 Å². The second-order valence-electron chi connectivity index (χ2n) is 4.57. The van der Waals surface area contributed by atoms with Crippen molar-refractivity contribution in [2.75, 3.05) is 0 Å². The van der Waals surface area contributed by atoms with Gasteiger partial charge in [0.25, 0.3) is 0 Å². The highest BCUT2D eigenvalue weighted by Crippen LogP contribution is 2.23. The molecule has 0 aliphatic carbocycles. The van der Waals surface area contributed by atoms with Crippen molar-refractivity contribution in [2.45, 2.75) is 31.8 Å². The molecule has 1 aromatic heterocycles. The fourth-order valence-corrected chi connectivity index (χ4v) is 3.51. The fraction of sp³-hybridized carbons (Fsp3) is 0.333. The quantitative estimate of drug-likeness (QED) is 0.761. The van der Waals surface area contributed by atoms with Gasteiger partial charge in [-0.3, -0.25) is 0 Å². The SMILES string of the molecule is OC(CCCc1cccs1)Cc1ccc(Br)cc1Cl. The molecule has 0 bridgehead atoms. The van der Waals surface area contributed by atoms with E-state index in [1.54, 1.807) is 11.3 Å².